The highest BCUT2D eigenvalue weighted by Gasteiger charge is 2.29. The van der Waals surface area contributed by atoms with Crippen LogP contribution in [-0.2, 0) is 33.8 Å². The average Bonchev–Trinajstić information content (AvgIpc) is 3.58. The van der Waals surface area contributed by atoms with Crippen molar-refractivity contribution in [2.45, 2.75) is 57.6 Å². The quantitative estimate of drug-likeness (QED) is 0.133. The molecule has 2 aromatic carbocycles. The number of nitrogens with one attached hydrogen (secondary N) is 2. The number of rotatable bonds is 14. The first-order valence-electron chi connectivity index (χ1n) is 14.6. The third kappa shape index (κ3) is 8.37. The molecule has 0 saturated heterocycles. The number of carbonyl (C=O) groups excluding carboxylic acids is 4. The Labute approximate surface area is 273 Å². The number of aryl methyl sites for hydroxylation is 1. The van der Waals surface area contributed by atoms with Crippen LogP contribution in [0.4, 0.5) is 9.39 Å². The Morgan fingerprint density at radius 1 is 0.978 bits per heavy atom. The lowest BCUT2D eigenvalue weighted by Crippen LogP contribution is -2.26. The van der Waals surface area contributed by atoms with E-state index in [9.17, 15) is 23.6 Å². The van der Waals surface area contributed by atoms with Gasteiger partial charge in [-0.2, -0.15) is 0 Å². The molecule has 2 heterocycles. The fourth-order valence-electron chi connectivity index (χ4n) is 4.41. The number of hydrogen-bond acceptors (Lipinski definition) is 10. The van der Waals surface area contributed by atoms with Crippen molar-refractivity contribution in [2.24, 2.45) is 0 Å². The maximum atomic E-state index is 14.2. The van der Waals surface area contributed by atoms with E-state index in [4.69, 9.17) is 9.47 Å². The summed E-state index contributed by atoms with van der Waals surface area (Å²) in [5.41, 5.74) is 1.44. The smallest absolute Gasteiger partial charge is 0.348 e. The number of aromatic nitrogens is 3. The van der Waals surface area contributed by atoms with Gasteiger partial charge in [0, 0.05) is 6.54 Å². The number of amides is 2. The van der Waals surface area contributed by atoms with E-state index in [-0.39, 0.29) is 40.8 Å². The van der Waals surface area contributed by atoms with Crippen molar-refractivity contribution in [3.63, 3.8) is 0 Å². The molecular weight excluding hydrogens is 634 g/mol. The molecule has 0 spiro atoms. The van der Waals surface area contributed by atoms with Crippen LogP contribution >= 0.6 is 23.1 Å². The Morgan fingerprint density at radius 3 is 2.35 bits per heavy atom. The van der Waals surface area contributed by atoms with Gasteiger partial charge in [-0.3, -0.25) is 9.59 Å². The number of esters is 2. The monoisotopic (exact) mass is 667 g/mol. The fraction of sp³-hybridized carbons (Fsp3) is 0.312. The van der Waals surface area contributed by atoms with Crippen LogP contribution in [-0.4, -0.2) is 57.0 Å². The van der Waals surface area contributed by atoms with Crippen molar-refractivity contribution in [3.8, 4) is 0 Å². The van der Waals surface area contributed by atoms with Crippen molar-refractivity contribution in [1.82, 2.24) is 20.1 Å². The number of benzene rings is 2. The highest BCUT2D eigenvalue weighted by atomic mass is 32.2. The molecule has 0 fully saturated rings. The van der Waals surface area contributed by atoms with Gasteiger partial charge in [0.2, 0.25) is 5.91 Å². The van der Waals surface area contributed by atoms with E-state index in [0.29, 0.717) is 29.5 Å². The number of anilines is 1. The zero-order valence-corrected chi connectivity index (χ0v) is 27.4. The second kappa shape index (κ2) is 16.1. The summed E-state index contributed by atoms with van der Waals surface area (Å²) in [7, 11) is 0. The Hall–Kier alpha value is -4.56. The number of thioether (sulfide) groups is 1. The van der Waals surface area contributed by atoms with Crippen molar-refractivity contribution >= 4 is 51.9 Å². The lowest BCUT2D eigenvalue weighted by Gasteiger charge is -2.14. The van der Waals surface area contributed by atoms with E-state index >= 15 is 0 Å². The summed E-state index contributed by atoms with van der Waals surface area (Å²) in [4.78, 5) is 51.6. The summed E-state index contributed by atoms with van der Waals surface area (Å²) in [5.74, 6) is -2.51. The van der Waals surface area contributed by atoms with Gasteiger partial charge >= 0.3 is 11.9 Å². The summed E-state index contributed by atoms with van der Waals surface area (Å²) in [6, 6.07) is 15.4. The third-order valence-electron chi connectivity index (χ3n) is 6.76. The van der Waals surface area contributed by atoms with Crippen molar-refractivity contribution in [3.05, 3.63) is 93.4 Å². The van der Waals surface area contributed by atoms with E-state index in [1.54, 1.807) is 38.3 Å². The second-order valence-electron chi connectivity index (χ2n) is 9.90. The molecule has 11 nitrogen and oxygen atoms in total. The molecule has 2 N–H and O–H groups in total. The van der Waals surface area contributed by atoms with Gasteiger partial charge in [0.05, 0.1) is 36.1 Å². The highest BCUT2D eigenvalue weighted by Crippen LogP contribution is 2.35. The van der Waals surface area contributed by atoms with Crippen LogP contribution in [0.2, 0.25) is 0 Å². The molecule has 0 radical (unpaired) electrons. The summed E-state index contributed by atoms with van der Waals surface area (Å²) in [5, 5.41) is 13.9. The lowest BCUT2D eigenvalue weighted by molar-refractivity contribution is -0.115. The van der Waals surface area contributed by atoms with Gasteiger partial charge in [0.25, 0.3) is 5.91 Å². The number of halogens is 1. The molecule has 0 bridgehead atoms. The van der Waals surface area contributed by atoms with Crippen LogP contribution in [0.1, 0.15) is 68.1 Å². The summed E-state index contributed by atoms with van der Waals surface area (Å²) >= 11 is 2.08. The maximum absolute atomic E-state index is 14.2. The van der Waals surface area contributed by atoms with Crippen molar-refractivity contribution in [1.29, 1.82) is 0 Å². The molecule has 1 atom stereocenters. The topological polar surface area (TPSA) is 142 Å². The number of carbonyl (C=O) groups is 4. The molecular formula is C32H34FN5O6S2. The van der Waals surface area contributed by atoms with E-state index in [1.165, 1.54) is 18.2 Å². The van der Waals surface area contributed by atoms with Crippen LogP contribution in [0.25, 0.3) is 0 Å². The summed E-state index contributed by atoms with van der Waals surface area (Å²) < 4.78 is 26.3. The maximum Gasteiger partial charge on any atom is 0.348 e. The zero-order valence-electron chi connectivity index (χ0n) is 25.8. The molecule has 2 amide bonds. The molecule has 0 unspecified atom stereocenters. The minimum atomic E-state index is -0.718. The minimum Gasteiger partial charge on any atom is -0.462 e. The molecule has 2 aromatic heterocycles. The fourth-order valence-corrected chi connectivity index (χ4v) is 6.40. The van der Waals surface area contributed by atoms with E-state index in [1.807, 2.05) is 30.3 Å². The first-order valence-corrected chi connectivity index (χ1v) is 16.3. The Balaban J connectivity index is 1.54. The van der Waals surface area contributed by atoms with Gasteiger partial charge < -0.3 is 24.7 Å². The first-order chi connectivity index (χ1) is 22.1. The molecule has 46 heavy (non-hydrogen) atoms. The first kappa shape index (κ1) is 34.3. The van der Waals surface area contributed by atoms with Crippen LogP contribution in [0, 0.1) is 12.7 Å². The standard InChI is InChI=1S/C32H34FN5O6S2/c1-5-43-30(41)25-19(3)26(31(42)44-6-2)46-29(25)35-27(39)20(4)45-32-37-36-24(38(32)17-16-21-12-8-7-9-13-21)18-34-28(40)22-14-10-11-15-23(22)33/h7-15,20H,5-6,16-18H2,1-4H3,(H,34,40)(H,35,39)/t20-/m1/s1. The molecule has 14 heteroatoms. The predicted molar refractivity (Wildman–Crippen MR) is 173 cm³/mol. The number of ether oxygens (including phenoxy) is 2. The van der Waals surface area contributed by atoms with Gasteiger partial charge in [-0.25, -0.2) is 14.0 Å². The molecule has 0 aliphatic heterocycles. The predicted octanol–water partition coefficient (Wildman–Crippen LogP) is 5.43. The summed E-state index contributed by atoms with van der Waals surface area (Å²) in [6.07, 6.45) is 0.620. The zero-order chi connectivity index (χ0) is 33.2. The summed E-state index contributed by atoms with van der Waals surface area (Å²) in [6.45, 7) is 7.30. The second-order valence-corrected chi connectivity index (χ2v) is 12.2. The molecule has 4 aromatic rings. The van der Waals surface area contributed by atoms with Crippen LogP contribution in [0.3, 0.4) is 0 Å². The lowest BCUT2D eigenvalue weighted by atomic mass is 10.1. The molecule has 0 saturated carbocycles. The number of nitrogens with zero attached hydrogens (tertiary/aromatic N) is 3. The van der Waals surface area contributed by atoms with Crippen molar-refractivity contribution in [2.75, 3.05) is 18.5 Å². The van der Waals surface area contributed by atoms with Gasteiger partial charge in [-0.1, -0.05) is 54.2 Å². The Morgan fingerprint density at radius 2 is 1.65 bits per heavy atom. The highest BCUT2D eigenvalue weighted by molar-refractivity contribution is 8.00. The van der Waals surface area contributed by atoms with Crippen molar-refractivity contribution < 1.29 is 33.0 Å². The number of thiophene rings is 1. The Kier molecular flexibility index (Phi) is 12.0. The SMILES string of the molecule is CCOC(=O)c1sc(NC(=O)[C@@H](C)Sc2nnc(CNC(=O)c3ccccc3F)n2CCc2ccccc2)c(C(=O)OCC)c1C. The Bertz CT molecular complexity index is 1710. The van der Waals surface area contributed by atoms with Crippen LogP contribution in [0.5, 0.6) is 0 Å². The normalized spacial score (nSPS) is 11.5. The number of hydrogen-bond donors (Lipinski definition) is 2. The van der Waals surface area contributed by atoms with Gasteiger partial charge in [0.1, 0.15) is 15.7 Å². The van der Waals surface area contributed by atoms with Crippen LogP contribution < -0.4 is 10.6 Å². The van der Waals surface area contributed by atoms with Gasteiger partial charge in [0.15, 0.2) is 11.0 Å². The van der Waals surface area contributed by atoms with Gasteiger partial charge in [-0.05, 0) is 57.4 Å². The minimum absolute atomic E-state index is 0.0237. The van der Waals surface area contributed by atoms with E-state index in [2.05, 4.69) is 20.8 Å². The largest absolute Gasteiger partial charge is 0.462 e. The average molecular weight is 668 g/mol. The van der Waals surface area contributed by atoms with Crippen LogP contribution in [0.15, 0.2) is 59.8 Å². The molecule has 4 rings (SSSR count). The molecule has 0 aliphatic carbocycles. The molecule has 242 valence electrons. The third-order valence-corrected chi connectivity index (χ3v) is 9.03. The molecule has 0 aliphatic rings. The van der Waals surface area contributed by atoms with E-state index in [0.717, 1.165) is 28.7 Å². The van der Waals surface area contributed by atoms with Gasteiger partial charge in [-0.15, -0.1) is 21.5 Å². The van der Waals surface area contributed by atoms with E-state index < -0.39 is 34.8 Å².